The highest BCUT2D eigenvalue weighted by Crippen LogP contribution is 2.24. The SMILES string of the molecule is Cc1ccc(N(NC=O)c2cccc(CN3CCN(S(=O)(=O)N(C)C)CC3)c2)cn1. The highest BCUT2D eigenvalue weighted by Gasteiger charge is 2.28. The van der Waals surface area contributed by atoms with Gasteiger partial charge in [0.15, 0.2) is 0 Å². The van der Waals surface area contributed by atoms with Gasteiger partial charge in [-0.25, -0.2) is 0 Å². The summed E-state index contributed by atoms with van der Waals surface area (Å²) in [4.78, 5) is 17.7. The van der Waals surface area contributed by atoms with Gasteiger partial charge in [-0.15, -0.1) is 0 Å². The molecule has 1 fully saturated rings. The first kappa shape index (κ1) is 22.2. The van der Waals surface area contributed by atoms with E-state index in [4.69, 9.17) is 0 Å². The van der Waals surface area contributed by atoms with Crippen LogP contribution in [0.5, 0.6) is 0 Å². The number of nitrogens with zero attached hydrogens (tertiary/aromatic N) is 5. The van der Waals surface area contributed by atoms with E-state index in [0.717, 1.165) is 22.6 Å². The molecule has 0 saturated carbocycles. The molecule has 1 saturated heterocycles. The number of aromatic nitrogens is 1. The molecule has 2 aromatic rings. The standard InChI is InChI=1S/C20H28N6O3S/c1-17-7-8-20(14-21-17)26(22-16-27)19-6-4-5-18(13-19)15-24-9-11-25(12-10-24)30(28,29)23(2)3/h4-8,13-14,16H,9-12,15H2,1-3H3,(H,22,27). The van der Waals surface area contributed by atoms with Crippen molar-refractivity contribution >= 4 is 28.0 Å². The third-order valence-corrected chi connectivity index (χ3v) is 6.97. The Morgan fingerprint density at radius 3 is 2.43 bits per heavy atom. The van der Waals surface area contributed by atoms with Gasteiger partial charge in [-0.05, 0) is 36.8 Å². The lowest BCUT2D eigenvalue weighted by molar-refractivity contribution is -0.109. The van der Waals surface area contributed by atoms with E-state index in [0.29, 0.717) is 39.1 Å². The Bertz CT molecular complexity index is 957. The van der Waals surface area contributed by atoms with Crippen molar-refractivity contribution in [3.8, 4) is 0 Å². The summed E-state index contributed by atoms with van der Waals surface area (Å²) in [6.07, 6.45) is 2.35. The Kier molecular flexibility index (Phi) is 7.03. The molecule has 3 rings (SSSR count). The number of carbonyl (C=O) groups is 1. The monoisotopic (exact) mass is 432 g/mol. The van der Waals surface area contributed by atoms with Crippen LogP contribution >= 0.6 is 0 Å². The lowest BCUT2D eigenvalue weighted by Gasteiger charge is -2.35. The molecule has 0 unspecified atom stereocenters. The number of anilines is 2. The van der Waals surface area contributed by atoms with Crippen LogP contribution in [0.3, 0.4) is 0 Å². The number of piperazine rings is 1. The van der Waals surface area contributed by atoms with Crippen molar-refractivity contribution in [3.05, 3.63) is 53.9 Å². The zero-order chi connectivity index (χ0) is 21.7. The van der Waals surface area contributed by atoms with Crippen LogP contribution in [0.2, 0.25) is 0 Å². The first-order chi connectivity index (χ1) is 14.3. The number of hydrazine groups is 1. The topological polar surface area (TPSA) is 89.1 Å². The van der Waals surface area contributed by atoms with E-state index < -0.39 is 10.2 Å². The molecule has 0 bridgehead atoms. The molecule has 1 aliphatic rings. The summed E-state index contributed by atoms with van der Waals surface area (Å²) in [6.45, 7) is 4.86. The van der Waals surface area contributed by atoms with Gasteiger partial charge in [0.1, 0.15) is 0 Å². The molecule has 1 N–H and O–H groups in total. The number of amides is 1. The maximum atomic E-state index is 12.3. The maximum absolute atomic E-state index is 12.3. The normalized spacial score (nSPS) is 15.9. The van der Waals surface area contributed by atoms with Crippen molar-refractivity contribution < 1.29 is 13.2 Å². The molecular formula is C20H28N6O3S. The van der Waals surface area contributed by atoms with E-state index in [9.17, 15) is 13.2 Å². The molecule has 2 heterocycles. The van der Waals surface area contributed by atoms with Crippen LogP contribution < -0.4 is 10.4 Å². The van der Waals surface area contributed by atoms with Gasteiger partial charge in [0.2, 0.25) is 6.41 Å². The summed E-state index contributed by atoms with van der Waals surface area (Å²) in [6, 6.07) is 11.7. The second-order valence-electron chi connectivity index (χ2n) is 7.38. The van der Waals surface area contributed by atoms with Crippen LogP contribution in [0.25, 0.3) is 0 Å². The molecule has 162 valence electrons. The van der Waals surface area contributed by atoms with E-state index >= 15 is 0 Å². The Labute approximate surface area is 178 Å². The quantitative estimate of drug-likeness (QED) is 0.497. The van der Waals surface area contributed by atoms with Crippen LogP contribution in [-0.4, -0.2) is 73.6 Å². The Morgan fingerprint density at radius 2 is 1.83 bits per heavy atom. The Morgan fingerprint density at radius 1 is 1.10 bits per heavy atom. The molecule has 10 heteroatoms. The van der Waals surface area contributed by atoms with Gasteiger partial charge < -0.3 is 0 Å². The van der Waals surface area contributed by atoms with Crippen LogP contribution in [-0.2, 0) is 21.5 Å². The maximum Gasteiger partial charge on any atom is 0.281 e. The largest absolute Gasteiger partial charge is 0.296 e. The van der Waals surface area contributed by atoms with Gasteiger partial charge in [-0.3, -0.25) is 25.1 Å². The number of carbonyl (C=O) groups excluding carboxylic acids is 1. The van der Waals surface area contributed by atoms with Crippen LogP contribution in [0.4, 0.5) is 11.4 Å². The summed E-state index contributed by atoms with van der Waals surface area (Å²) >= 11 is 0. The van der Waals surface area contributed by atoms with Gasteiger partial charge >= 0.3 is 0 Å². The Hall–Kier alpha value is -2.53. The fraction of sp³-hybridized carbons (Fsp3) is 0.400. The number of hydrogen-bond donors (Lipinski definition) is 1. The number of nitrogens with one attached hydrogen (secondary N) is 1. The molecular weight excluding hydrogens is 404 g/mol. The van der Waals surface area contributed by atoms with Gasteiger partial charge in [0, 0.05) is 52.5 Å². The van der Waals surface area contributed by atoms with Crippen molar-refractivity contribution in [2.24, 2.45) is 0 Å². The first-order valence-corrected chi connectivity index (χ1v) is 11.1. The van der Waals surface area contributed by atoms with Crippen LogP contribution in [0.15, 0.2) is 42.6 Å². The van der Waals surface area contributed by atoms with Crippen molar-refractivity contribution in [3.63, 3.8) is 0 Å². The second-order valence-corrected chi connectivity index (χ2v) is 9.52. The van der Waals surface area contributed by atoms with Crippen molar-refractivity contribution in [1.29, 1.82) is 0 Å². The van der Waals surface area contributed by atoms with Gasteiger partial charge in [-0.1, -0.05) is 12.1 Å². The summed E-state index contributed by atoms with van der Waals surface area (Å²) in [5, 5.41) is 1.69. The zero-order valence-corrected chi connectivity index (χ0v) is 18.3. The molecule has 30 heavy (non-hydrogen) atoms. The molecule has 1 amide bonds. The predicted octanol–water partition coefficient (Wildman–Crippen LogP) is 1.11. The number of aryl methyl sites for hydroxylation is 1. The summed E-state index contributed by atoms with van der Waals surface area (Å²) < 4.78 is 27.3. The zero-order valence-electron chi connectivity index (χ0n) is 17.5. The van der Waals surface area contributed by atoms with E-state index in [2.05, 4.69) is 15.3 Å². The molecule has 0 atom stereocenters. The van der Waals surface area contributed by atoms with Gasteiger partial charge in [0.25, 0.3) is 10.2 Å². The molecule has 1 aromatic carbocycles. The molecule has 0 aliphatic carbocycles. The third kappa shape index (κ3) is 5.14. The number of pyridine rings is 1. The molecule has 0 radical (unpaired) electrons. The van der Waals surface area contributed by atoms with E-state index in [1.54, 1.807) is 25.3 Å². The summed E-state index contributed by atoms with van der Waals surface area (Å²) in [5.74, 6) is 0. The predicted molar refractivity (Wildman–Crippen MR) is 116 cm³/mol. The lowest BCUT2D eigenvalue weighted by atomic mass is 10.1. The van der Waals surface area contributed by atoms with Gasteiger partial charge in [-0.2, -0.15) is 17.0 Å². The van der Waals surface area contributed by atoms with Gasteiger partial charge in [0.05, 0.1) is 17.6 Å². The first-order valence-electron chi connectivity index (χ1n) is 9.73. The fourth-order valence-electron chi connectivity index (χ4n) is 3.34. The summed E-state index contributed by atoms with van der Waals surface area (Å²) in [5.41, 5.74) is 6.27. The van der Waals surface area contributed by atoms with Crippen molar-refractivity contribution in [1.82, 2.24) is 23.9 Å². The minimum absolute atomic E-state index is 0.466. The van der Waals surface area contributed by atoms with Crippen LogP contribution in [0.1, 0.15) is 11.3 Å². The molecule has 1 aromatic heterocycles. The average molecular weight is 433 g/mol. The average Bonchev–Trinajstić information content (AvgIpc) is 2.73. The Balaban J connectivity index is 1.70. The molecule has 0 spiro atoms. The lowest BCUT2D eigenvalue weighted by Crippen LogP contribution is -2.51. The van der Waals surface area contributed by atoms with E-state index in [1.807, 2.05) is 43.3 Å². The minimum Gasteiger partial charge on any atom is -0.296 e. The van der Waals surface area contributed by atoms with E-state index in [1.165, 1.54) is 8.61 Å². The van der Waals surface area contributed by atoms with Crippen LogP contribution in [0, 0.1) is 6.92 Å². The van der Waals surface area contributed by atoms with Crippen molar-refractivity contribution in [2.75, 3.05) is 45.3 Å². The van der Waals surface area contributed by atoms with E-state index in [-0.39, 0.29) is 0 Å². The highest BCUT2D eigenvalue weighted by molar-refractivity contribution is 7.86. The number of hydrogen-bond acceptors (Lipinski definition) is 6. The molecule has 9 nitrogen and oxygen atoms in total. The fourth-order valence-corrected chi connectivity index (χ4v) is 4.43. The smallest absolute Gasteiger partial charge is 0.281 e. The number of rotatable bonds is 8. The minimum atomic E-state index is -3.37. The van der Waals surface area contributed by atoms with Crippen molar-refractivity contribution in [2.45, 2.75) is 13.5 Å². The third-order valence-electron chi connectivity index (χ3n) is 5.03. The second kappa shape index (κ2) is 9.52. The summed E-state index contributed by atoms with van der Waals surface area (Å²) in [7, 11) is -0.265. The highest BCUT2D eigenvalue weighted by atomic mass is 32.2. The molecule has 1 aliphatic heterocycles. The number of benzene rings is 1.